The van der Waals surface area contributed by atoms with Crippen LogP contribution in [-0.2, 0) is 6.54 Å². The molecule has 7 heteroatoms. The number of carbonyl (C=O) groups excluding carboxylic acids is 1. The summed E-state index contributed by atoms with van der Waals surface area (Å²) < 4.78 is 7.48. The van der Waals surface area contributed by atoms with Gasteiger partial charge in [-0.1, -0.05) is 6.07 Å². The lowest BCUT2D eigenvalue weighted by Gasteiger charge is -2.07. The lowest BCUT2D eigenvalue weighted by atomic mass is 10.1. The van der Waals surface area contributed by atoms with Gasteiger partial charge in [-0.2, -0.15) is 0 Å². The average molecular weight is 383 g/mol. The Hall–Kier alpha value is -2.64. The molecule has 132 valence electrons. The average Bonchev–Trinajstić information content (AvgIpc) is 3.41. The van der Waals surface area contributed by atoms with Crippen LogP contribution in [0.4, 0.5) is 0 Å². The summed E-state index contributed by atoms with van der Waals surface area (Å²) in [6, 6.07) is 7.82. The fourth-order valence-corrected chi connectivity index (χ4v) is 4.46. The third-order valence-corrected chi connectivity index (χ3v) is 6.23. The van der Waals surface area contributed by atoms with E-state index in [0.717, 1.165) is 20.3 Å². The molecular formula is C19H17N3O2S2. The Morgan fingerprint density at radius 2 is 2.08 bits per heavy atom. The normalized spacial score (nSPS) is 11.0. The van der Waals surface area contributed by atoms with E-state index in [9.17, 15) is 4.79 Å². The van der Waals surface area contributed by atoms with Crippen LogP contribution in [-0.4, -0.2) is 15.5 Å². The zero-order valence-electron chi connectivity index (χ0n) is 14.4. The maximum absolute atomic E-state index is 12.8. The van der Waals surface area contributed by atoms with Gasteiger partial charge in [0, 0.05) is 17.3 Å². The number of oxazole rings is 1. The second kappa shape index (κ2) is 6.93. The van der Waals surface area contributed by atoms with Crippen molar-refractivity contribution < 1.29 is 9.21 Å². The highest BCUT2D eigenvalue weighted by molar-refractivity contribution is 7.15. The number of rotatable bonds is 5. The molecule has 0 aliphatic heterocycles. The van der Waals surface area contributed by atoms with Crippen LogP contribution in [0.15, 0.2) is 52.7 Å². The maximum atomic E-state index is 12.8. The molecule has 26 heavy (non-hydrogen) atoms. The molecule has 0 aliphatic carbocycles. The zero-order chi connectivity index (χ0) is 18.1. The van der Waals surface area contributed by atoms with Crippen molar-refractivity contribution in [2.75, 3.05) is 0 Å². The molecule has 4 rings (SSSR count). The summed E-state index contributed by atoms with van der Waals surface area (Å²) >= 11 is 3.19. The molecule has 4 aromatic heterocycles. The number of thiophene rings is 2. The van der Waals surface area contributed by atoms with Gasteiger partial charge >= 0.3 is 0 Å². The quantitative estimate of drug-likeness (QED) is 0.538. The third-order valence-electron chi connectivity index (χ3n) is 4.15. The Bertz CT molecular complexity index is 1030. The Morgan fingerprint density at radius 3 is 2.81 bits per heavy atom. The van der Waals surface area contributed by atoms with Crippen LogP contribution in [0.2, 0.25) is 0 Å². The molecule has 0 spiro atoms. The summed E-state index contributed by atoms with van der Waals surface area (Å²) in [5, 5.41) is 5.88. The first-order valence-electron chi connectivity index (χ1n) is 8.13. The lowest BCUT2D eigenvalue weighted by molar-refractivity contribution is 0.0950. The number of hydrogen-bond donors (Lipinski definition) is 1. The predicted octanol–water partition coefficient (Wildman–Crippen LogP) is 4.80. The Labute approximate surface area is 158 Å². The van der Waals surface area contributed by atoms with E-state index in [4.69, 9.17) is 4.42 Å². The number of carbonyl (C=O) groups is 1. The fraction of sp³-hybridized carbons (Fsp3) is 0.158. The van der Waals surface area contributed by atoms with Crippen LogP contribution in [0.3, 0.4) is 0 Å². The van der Waals surface area contributed by atoms with Crippen molar-refractivity contribution in [2.45, 2.75) is 20.4 Å². The van der Waals surface area contributed by atoms with E-state index in [1.54, 1.807) is 28.9 Å². The van der Waals surface area contributed by atoms with E-state index < -0.39 is 0 Å². The van der Waals surface area contributed by atoms with Crippen LogP contribution in [0, 0.1) is 13.8 Å². The SMILES string of the molecule is Cc1sc(-n2cccc2)c(C(=O)NCc2coc(-c3cccs3)n2)c1C. The van der Waals surface area contributed by atoms with Gasteiger partial charge in [0.25, 0.3) is 5.91 Å². The summed E-state index contributed by atoms with van der Waals surface area (Å²) in [4.78, 5) is 19.4. The summed E-state index contributed by atoms with van der Waals surface area (Å²) in [5.74, 6) is 0.482. The van der Waals surface area contributed by atoms with Crippen LogP contribution in [0.5, 0.6) is 0 Å². The van der Waals surface area contributed by atoms with Gasteiger partial charge in [-0.05, 0) is 43.0 Å². The lowest BCUT2D eigenvalue weighted by Crippen LogP contribution is -2.24. The number of aromatic nitrogens is 2. The van der Waals surface area contributed by atoms with E-state index in [0.29, 0.717) is 23.7 Å². The van der Waals surface area contributed by atoms with Gasteiger partial charge in [0.05, 0.1) is 22.7 Å². The molecule has 4 aromatic rings. The summed E-state index contributed by atoms with van der Waals surface area (Å²) in [6.07, 6.45) is 5.49. The Balaban J connectivity index is 1.53. The molecule has 0 aliphatic rings. The maximum Gasteiger partial charge on any atom is 0.254 e. The highest BCUT2D eigenvalue weighted by Gasteiger charge is 2.20. The largest absolute Gasteiger partial charge is 0.443 e. The molecule has 0 aromatic carbocycles. The molecule has 5 nitrogen and oxygen atoms in total. The zero-order valence-corrected chi connectivity index (χ0v) is 16.0. The van der Waals surface area contributed by atoms with Gasteiger partial charge in [-0.15, -0.1) is 22.7 Å². The number of amides is 1. The van der Waals surface area contributed by atoms with Gasteiger partial charge in [0.2, 0.25) is 5.89 Å². The van der Waals surface area contributed by atoms with E-state index in [-0.39, 0.29) is 5.91 Å². The molecule has 0 unspecified atom stereocenters. The van der Waals surface area contributed by atoms with Crippen LogP contribution < -0.4 is 5.32 Å². The van der Waals surface area contributed by atoms with Crippen molar-refractivity contribution in [1.82, 2.24) is 14.9 Å². The standard InChI is InChI=1S/C19H17N3O2S2/c1-12-13(2)26-19(22-7-3-4-8-22)16(12)17(23)20-10-14-11-24-18(21-14)15-6-5-9-25-15/h3-9,11H,10H2,1-2H3,(H,20,23). The minimum atomic E-state index is -0.101. The molecule has 0 bridgehead atoms. The van der Waals surface area contributed by atoms with Gasteiger partial charge in [0.15, 0.2) is 0 Å². The summed E-state index contributed by atoms with van der Waals surface area (Å²) in [5.41, 5.74) is 2.43. The smallest absolute Gasteiger partial charge is 0.254 e. The number of nitrogens with zero attached hydrogens (tertiary/aromatic N) is 2. The molecule has 0 atom stereocenters. The van der Waals surface area contributed by atoms with Crippen molar-refractivity contribution in [2.24, 2.45) is 0 Å². The second-order valence-electron chi connectivity index (χ2n) is 5.86. The highest BCUT2D eigenvalue weighted by Crippen LogP contribution is 2.31. The minimum absolute atomic E-state index is 0.101. The van der Waals surface area contributed by atoms with Crippen molar-refractivity contribution in [3.63, 3.8) is 0 Å². The monoisotopic (exact) mass is 383 g/mol. The third kappa shape index (κ3) is 3.11. The van der Waals surface area contributed by atoms with E-state index >= 15 is 0 Å². The first-order chi connectivity index (χ1) is 12.6. The van der Waals surface area contributed by atoms with Crippen LogP contribution in [0.25, 0.3) is 15.8 Å². The van der Waals surface area contributed by atoms with Crippen molar-refractivity contribution in [3.05, 3.63) is 70.0 Å². The molecule has 1 amide bonds. The number of hydrogen-bond acceptors (Lipinski definition) is 5. The van der Waals surface area contributed by atoms with E-state index in [1.807, 2.05) is 60.5 Å². The van der Waals surface area contributed by atoms with E-state index in [1.165, 1.54) is 0 Å². The van der Waals surface area contributed by atoms with E-state index in [2.05, 4.69) is 10.3 Å². The molecule has 4 heterocycles. The Kier molecular flexibility index (Phi) is 4.48. The van der Waals surface area contributed by atoms with Crippen LogP contribution >= 0.6 is 22.7 Å². The van der Waals surface area contributed by atoms with Crippen LogP contribution in [0.1, 0.15) is 26.5 Å². The fourth-order valence-electron chi connectivity index (χ4n) is 2.69. The van der Waals surface area contributed by atoms with Crippen molar-refractivity contribution in [1.29, 1.82) is 0 Å². The molecule has 1 N–H and O–H groups in total. The van der Waals surface area contributed by atoms with Crippen molar-refractivity contribution >= 4 is 28.6 Å². The van der Waals surface area contributed by atoms with Crippen molar-refractivity contribution in [3.8, 4) is 15.8 Å². The number of nitrogens with one attached hydrogen (secondary N) is 1. The van der Waals surface area contributed by atoms with Gasteiger partial charge in [-0.25, -0.2) is 4.98 Å². The molecule has 0 saturated carbocycles. The molecule has 0 fully saturated rings. The first-order valence-corrected chi connectivity index (χ1v) is 9.83. The number of aryl methyl sites for hydroxylation is 1. The summed E-state index contributed by atoms with van der Waals surface area (Å²) in [7, 11) is 0. The first kappa shape index (κ1) is 16.8. The predicted molar refractivity (Wildman–Crippen MR) is 104 cm³/mol. The molecule has 0 saturated heterocycles. The van der Waals surface area contributed by atoms with Gasteiger partial charge < -0.3 is 14.3 Å². The molecule has 0 radical (unpaired) electrons. The minimum Gasteiger partial charge on any atom is -0.443 e. The molecular weight excluding hydrogens is 366 g/mol. The Morgan fingerprint density at radius 1 is 1.27 bits per heavy atom. The van der Waals surface area contributed by atoms with Gasteiger partial charge in [-0.3, -0.25) is 4.79 Å². The highest BCUT2D eigenvalue weighted by atomic mass is 32.1. The summed E-state index contributed by atoms with van der Waals surface area (Å²) in [6.45, 7) is 4.35. The topological polar surface area (TPSA) is 60.1 Å². The van der Waals surface area contributed by atoms with Gasteiger partial charge in [0.1, 0.15) is 11.3 Å². The second-order valence-corrected chi connectivity index (χ2v) is 8.01.